The minimum Gasteiger partial charge on any atom is -0.457 e. The van der Waals surface area contributed by atoms with Crippen LogP contribution in [0.2, 0.25) is 0 Å². The Labute approximate surface area is 60.5 Å². The Morgan fingerprint density at radius 2 is 2.09 bits per heavy atom. The lowest BCUT2D eigenvalue weighted by molar-refractivity contribution is -0.371. The summed E-state index contributed by atoms with van der Waals surface area (Å²) >= 11 is 0. The maximum Gasteiger partial charge on any atom is 0.445 e. The van der Waals surface area contributed by atoms with Gasteiger partial charge in [0.1, 0.15) is 5.76 Å². The quantitative estimate of drug-likeness (QED) is 0.673. The Morgan fingerprint density at radius 3 is 2.45 bits per heavy atom. The summed E-state index contributed by atoms with van der Waals surface area (Å²) in [7, 11) is 0. The molecule has 0 aliphatic heterocycles. The number of furan rings is 1. The van der Waals surface area contributed by atoms with Gasteiger partial charge in [0.2, 0.25) is 5.76 Å². The Balaban J connectivity index is 2.92. The second-order valence-electron chi connectivity index (χ2n) is 2.00. The molecular weight excluding hydrogens is 161 g/mol. The van der Waals surface area contributed by atoms with Crippen LogP contribution in [0, 0.1) is 6.92 Å². The van der Waals surface area contributed by atoms with Gasteiger partial charge in [-0.2, -0.15) is 8.78 Å². The van der Waals surface area contributed by atoms with Crippen molar-refractivity contribution in [3.63, 3.8) is 0 Å². The normalized spacial score (nSPS) is 12.0. The van der Waals surface area contributed by atoms with E-state index in [0.29, 0.717) is 0 Å². The average Bonchev–Trinajstić information content (AvgIpc) is 2.36. The van der Waals surface area contributed by atoms with E-state index in [1.807, 2.05) is 0 Å². The average molecular weight is 166 g/mol. The smallest absolute Gasteiger partial charge is 0.445 e. The number of alkyl halides is 2. The highest BCUT2D eigenvalue weighted by Crippen LogP contribution is 2.30. The van der Waals surface area contributed by atoms with Gasteiger partial charge in [-0.3, -0.25) is 0 Å². The molecule has 0 aromatic carbocycles. The first-order chi connectivity index (χ1) is 5.06. The summed E-state index contributed by atoms with van der Waals surface area (Å²) in [4.78, 5) is 2.41. The second kappa shape index (κ2) is 2.58. The molecule has 1 rings (SSSR count). The Bertz CT molecular complexity index is 244. The van der Waals surface area contributed by atoms with Crippen LogP contribution in [0.15, 0.2) is 16.5 Å². The van der Waals surface area contributed by atoms with Gasteiger partial charge in [0.25, 0.3) is 0 Å². The maximum absolute atomic E-state index is 12.2. The highest BCUT2D eigenvalue weighted by Gasteiger charge is 2.38. The molecule has 0 saturated carbocycles. The molecule has 0 spiro atoms. The molecule has 2 nitrogen and oxygen atoms in total. The van der Waals surface area contributed by atoms with Gasteiger partial charge in [-0.1, -0.05) is 0 Å². The van der Waals surface area contributed by atoms with Gasteiger partial charge >= 0.3 is 6.11 Å². The predicted molar refractivity (Wildman–Crippen MR) is 29.5 cm³/mol. The number of hydrogen-bond acceptors (Lipinski definition) is 2. The standard InChI is InChI=1S/C6H5F3O2/c1-4-2-3-5(10-4)6(7,8)11-9/h2-3H,1H3. The summed E-state index contributed by atoms with van der Waals surface area (Å²) in [6.07, 6.45) is -3.98. The summed E-state index contributed by atoms with van der Waals surface area (Å²) in [5, 5.41) is 0. The van der Waals surface area contributed by atoms with Crippen molar-refractivity contribution >= 4 is 0 Å². The molecule has 0 N–H and O–H groups in total. The maximum atomic E-state index is 12.2. The first-order valence-electron chi connectivity index (χ1n) is 2.81. The molecule has 0 bridgehead atoms. The molecule has 0 radical (unpaired) electrons. The molecule has 0 saturated heterocycles. The Hall–Kier alpha value is -0.970. The van der Waals surface area contributed by atoms with E-state index < -0.39 is 11.9 Å². The van der Waals surface area contributed by atoms with Crippen LogP contribution < -0.4 is 0 Å². The van der Waals surface area contributed by atoms with Crippen molar-refractivity contribution in [1.82, 2.24) is 0 Å². The van der Waals surface area contributed by atoms with E-state index in [4.69, 9.17) is 0 Å². The number of hydrogen-bond donors (Lipinski definition) is 0. The summed E-state index contributed by atoms with van der Waals surface area (Å²) < 4.78 is 40.0. The summed E-state index contributed by atoms with van der Waals surface area (Å²) in [5.74, 6) is -0.561. The molecule has 1 aromatic rings. The van der Waals surface area contributed by atoms with E-state index in [9.17, 15) is 13.3 Å². The number of halogens is 3. The monoisotopic (exact) mass is 166 g/mol. The van der Waals surface area contributed by atoms with Crippen molar-refractivity contribution in [2.45, 2.75) is 13.0 Å². The third-order valence-corrected chi connectivity index (χ3v) is 1.12. The van der Waals surface area contributed by atoms with E-state index in [-0.39, 0.29) is 5.76 Å². The number of rotatable bonds is 2. The molecule has 0 unspecified atom stereocenters. The molecule has 0 aliphatic carbocycles. The zero-order valence-corrected chi connectivity index (χ0v) is 5.61. The van der Waals surface area contributed by atoms with Gasteiger partial charge < -0.3 is 4.42 Å². The van der Waals surface area contributed by atoms with Gasteiger partial charge in [0, 0.05) is 0 Å². The van der Waals surface area contributed by atoms with Crippen LogP contribution in [-0.4, -0.2) is 0 Å². The van der Waals surface area contributed by atoms with Crippen LogP contribution in [0.3, 0.4) is 0 Å². The predicted octanol–water partition coefficient (Wildman–Crippen LogP) is 2.54. The van der Waals surface area contributed by atoms with Crippen LogP contribution in [0.25, 0.3) is 0 Å². The Kier molecular flexibility index (Phi) is 1.90. The van der Waals surface area contributed by atoms with E-state index in [1.54, 1.807) is 0 Å². The van der Waals surface area contributed by atoms with Crippen molar-refractivity contribution in [2.24, 2.45) is 0 Å². The zero-order valence-electron chi connectivity index (χ0n) is 5.61. The van der Waals surface area contributed by atoms with Crippen molar-refractivity contribution in [3.8, 4) is 0 Å². The lowest BCUT2D eigenvalue weighted by Gasteiger charge is -2.05. The topological polar surface area (TPSA) is 22.4 Å². The van der Waals surface area contributed by atoms with E-state index >= 15 is 0 Å². The van der Waals surface area contributed by atoms with Gasteiger partial charge in [0.15, 0.2) is 0 Å². The second-order valence-corrected chi connectivity index (χ2v) is 2.00. The minimum absolute atomic E-state index is 0.275. The van der Waals surface area contributed by atoms with Crippen molar-refractivity contribution < 1.29 is 22.7 Å². The fraction of sp³-hybridized carbons (Fsp3) is 0.333. The summed E-state index contributed by atoms with van der Waals surface area (Å²) in [5.41, 5.74) is 0. The fourth-order valence-electron chi connectivity index (χ4n) is 0.629. The molecule has 0 fully saturated rings. The highest BCUT2D eigenvalue weighted by atomic mass is 19.4. The van der Waals surface area contributed by atoms with Crippen LogP contribution in [0.4, 0.5) is 13.3 Å². The van der Waals surface area contributed by atoms with Crippen LogP contribution >= 0.6 is 0 Å². The lowest BCUT2D eigenvalue weighted by atomic mass is 10.4. The van der Waals surface area contributed by atoms with Crippen molar-refractivity contribution in [1.29, 1.82) is 0 Å². The molecule has 1 heterocycles. The molecule has 5 heteroatoms. The zero-order chi connectivity index (χ0) is 8.48. The van der Waals surface area contributed by atoms with E-state index in [2.05, 4.69) is 9.36 Å². The molecular formula is C6H5F3O2. The van der Waals surface area contributed by atoms with E-state index in [0.717, 1.165) is 6.07 Å². The van der Waals surface area contributed by atoms with Crippen LogP contribution in [0.1, 0.15) is 11.5 Å². The van der Waals surface area contributed by atoms with Gasteiger partial charge in [-0.05, 0) is 23.6 Å². The third-order valence-electron chi connectivity index (χ3n) is 1.12. The van der Waals surface area contributed by atoms with Crippen molar-refractivity contribution in [3.05, 3.63) is 23.7 Å². The third kappa shape index (κ3) is 1.54. The first kappa shape index (κ1) is 8.13. The van der Waals surface area contributed by atoms with Crippen LogP contribution in [0.5, 0.6) is 0 Å². The SMILES string of the molecule is Cc1ccc(C(F)(F)OF)o1. The summed E-state index contributed by atoms with van der Waals surface area (Å²) in [6, 6.07) is 2.25. The molecule has 0 amide bonds. The molecule has 1 aromatic heterocycles. The fourth-order valence-corrected chi connectivity index (χ4v) is 0.629. The lowest BCUT2D eigenvalue weighted by Crippen LogP contribution is -2.11. The largest absolute Gasteiger partial charge is 0.457 e. The molecule has 11 heavy (non-hydrogen) atoms. The van der Waals surface area contributed by atoms with Crippen LogP contribution in [-0.2, 0) is 11.1 Å². The summed E-state index contributed by atoms with van der Waals surface area (Å²) in [6.45, 7) is 1.47. The number of aryl methyl sites for hydroxylation is 1. The Morgan fingerprint density at radius 1 is 1.45 bits per heavy atom. The van der Waals surface area contributed by atoms with E-state index in [1.165, 1.54) is 13.0 Å². The molecule has 0 aliphatic rings. The van der Waals surface area contributed by atoms with Crippen molar-refractivity contribution in [2.75, 3.05) is 0 Å². The van der Waals surface area contributed by atoms with Gasteiger partial charge in [0.05, 0.1) is 0 Å². The highest BCUT2D eigenvalue weighted by molar-refractivity contribution is 5.08. The molecule has 0 atom stereocenters. The van der Waals surface area contributed by atoms with Gasteiger partial charge in [-0.25, -0.2) is 0 Å². The van der Waals surface area contributed by atoms with Gasteiger partial charge in [-0.15, -0.1) is 4.94 Å². The first-order valence-corrected chi connectivity index (χ1v) is 2.81. The molecule has 62 valence electrons. The minimum atomic E-state index is -3.98.